The summed E-state index contributed by atoms with van der Waals surface area (Å²) in [5, 5.41) is -0.521. The first-order chi connectivity index (χ1) is 48.8. The maximum atomic E-state index is 9.89. The molecule has 0 unspecified atom stereocenters. The maximum Gasteiger partial charge on any atom is 0.268 e. The number of pyridine rings is 1. The topological polar surface area (TPSA) is 35.9 Å². The summed E-state index contributed by atoms with van der Waals surface area (Å²) in [7, 11) is -5.77. The molecule has 0 bridgehead atoms. The van der Waals surface area contributed by atoms with Crippen molar-refractivity contribution in [1.82, 2.24) is 14.1 Å². The van der Waals surface area contributed by atoms with Crippen LogP contribution in [0.4, 0.5) is 0 Å². The van der Waals surface area contributed by atoms with E-state index in [1.165, 1.54) is 22.8 Å². The van der Waals surface area contributed by atoms with E-state index in [1.54, 1.807) is 47.2 Å². The monoisotopic (exact) mass is 1320 g/mol. The molecule has 0 aliphatic heterocycles. The van der Waals surface area contributed by atoms with E-state index in [2.05, 4.69) is 86.8 Å². The number of hydrogen-bond acceptors (Lipinski definition) is 2. The van der Waals surface area contributed by atoms with Crippen molar-refractivity contribution < 1.29 is 57.8 Å². The molecule has 13 rings (SSSR count). The van der Waals surface area contributed by atoms with Gasteiger partial charge in [0.05, 0.1) is 44.1 Å². The van der Waals surface area contributed by atoms with Crippen molar-refractivity contribution in [3.05, 3.63) is 284 Å². The molecule has 0 N–H and O–H groups in total. The average Bonchev–Trinajstić information content (AvgIpc) is 0.972. The number of rotatable bonds is 11. The number of imidazole rings is 1. The molecule has 0 fully saturated rings. The number of benzene rings is 10. The second-order valence-electron chi connectivity index (χ2n) is 23.8. The second kappa shape index (κ2) is 22.4. The summed E-state index contributed by atoms with van der Waals surface area (Å²) >= 11 is 0. The number of nitrogens with zero attached hydrogens (tertiary/aromatic N) is 4. The van der Waals surface area contributed by atoms with Crippen molar-refractivity contribution >= 4 is 61.7 Å². The minimum atomic E-state index is -5.77. The quantitative estimate of drug-likeness (QED) is 0.0560. The van der Waals surface area contributed by atoms with Crippen LogP contribution >= 0.6 is 0 Å². The number of hydrogen-bond donors (Lipinski definition) is 0. The molecule has 0 aliphatic carbocycles. The van der Waals surface area contributed by atoms with E-state index < -0.39 is 155 Å². The van der Waals surface area contributed by atoms with E-state index in [1.807, 2.05) is 65.2 Å². The molecule has 0 saturated heterocycles. The molecule has 0 atom stereocenters. The van der Waals surface area contributed by atoms with Gasteiger partial charge in [-0.15, -0.1) is 29.7 Å². The Kier molecular flexibility index (Phi) is 9.90. The number of fused-ring (bicyclic) bond motifs is 4. The van der Waals surface area contributed by atoms with Crippen molar-refractivity contribution in [1.29, 1.82) is 0 Å². The first-order valence-corrected chi connectivity index (χ1v) is 29.5. The first-order valence-electron chi connectivity index (χ1n) is 37.5. The van der Waals surface area contributed by atoms with Gasteiger partial charge in [-0.25, -0.2) is 4.98 Å². The third-order valence-electron chi connectivity index (χ3n) is 15.3. The van der Waals surface area contributed by atoms with Crippen LogP contribution in [0.15, 0.2) is 248 Å². The van der Waals surface area contributed by atoms with Gasteiger partial charge >= 0.3 is 0 Å². The summed E-state index contributed by atoms with van der Waals surface area (Å²) in [5.41, 5.74) is 5.03. The number of aromatic nitrogens is 4. The van der Waals surface area contributed by atoms with E-state index in [0.717, 1.165) is 33.0 Å². The third kappa shape index (κ3) is 10.5. The van der Waals surface area contributed by atoms with E-state index in [-0.39, 0.29) is 76.7 Å². The van der Waals surface area contributed by atoms with Gasteiger partial charge in [0.15, 0.2) is 8.07 Å². The zero-order valence-electron chi connectivity index (χ0n) is 68.1. The Morgan fingerprint density at radius 2 is 1.05 bits per heavy atom. The van der Waals surface area contributed by atoms with Crippen LogP contribution < -0.4 is 30.1 Å². The Bertz CT molecular complexity index is 5520. The van der Waals surface area contributed by atoms with Crippen LogP contribution in [0, 0.1) is 18.5 Å². The van der Waals surface area contributed by atoms with Gasteiger partial charge in [0.1, 0.15) is 5.82 Å². The maximum absolute atomic E-state index is 9.89. The van der Waals surface area contributed by atoms with Crippen molar-refractivity contribution in [2.45, 2.75) is 78.6 Å². The smallest absolute Gasteiger partial charge is 0.268 e. The minimum absolute atomic E-state index is 0. The normalized spacial score (nSPS) is 15.5. The number of para-hydroxylation sites is 2. The minimum Gasteiger partial charge on any atom is -0.510 e. The van der Waals surface area contributed by atoms with Crippen LogP contribution in [-0.4, -0.2) is 22.2 Å². The SMILES string of the molecule is [2H]c1c([2H])c([2H])c(-c2cccc(-c3cc(C(C)(C)C)cc(C(C)(C)C)c3)c2-[n+]2[c-]n(-c3[c-]c(Oc4[c-]c5c(cc4)c4ccccc4n5-c4cc(C(C)(C)C)ccn4)ccc3)c3cc([Si](c4c([2H])c([2H])c([2H])c([2H])c4[2H])(c4c([2H])c([2H])c([2H])c([2H])c4[2H])c4c([2H])c([2H])c([2H])c([2H])c4[2H])ccc32)c([2H])c1[2H].[Pt]. The van der Waals surface area contributed by atoms with Crippen LogP contribution in [-0.2, 0) is 37.3 Å². The van der Waals surface area contributed by atoms with E-state index in [4.69, 9.17) is 17.9 Å². The summed E-state index contributed by atoms with van der Waals surface area (Å²) < 4.78 is 199. The Labute approximate surface area is 544 Å². The zero-order valence-corrected chi connectivity index (χ0v) is 51.4. The predicted molar refractivity (Wildman–Crippen MR) is 351 cm³/mol. The van der Waals surface area contributed by atoms with Gasteiger partial charge < -0.3 is 13.9 Å². The third-order valence-corrected chi connectivity index (χ3v) is 19.5. The van der Waals surface area contributed by atoms with Gasteiger partial charge in [0, 0.05) is 44.3 Å². The van der Waals surface area contributed by atoms with Crippen molar-refractivity contribution in [3.8, 4) is 50.9 Å². The summed E-state index contributed by atoms with van der Waals surface area (Å²) in [6.07, 6.45) is 5.32. The van der Waals surface area contributed by atoms with Gasteiger partial charge in [-0.05, 0) is 105 Å². The second-order valence-corrected chi connectivity index (χ2v) is 27.4. The Morgan fingerprint density at radius 3 is 1.66 bits per heavy atom. The van der Waals surface area contributed by atoms with Gasteiger partial charge in [0.25, 0.3) is 6.33 Å². The number of ether oxygens (including phenoxy) is 1. The zero-order chi connectivity index (χ0) is 75.4. The molecule has 10 aromatic carbocycles. The molecule has 0 saturated carbocycles. The predicted octanol–water partition coefficient (Wildman–Crippen LogP) is 16.2. The molecule has 7 heteroatoms. The molecule has 0 spiro atoms. The Morgan fingerprint density at radius 1 is 0.482 bits per heavy atom. The van der Waals surface area contributed by atoms with Gasteiger partial charge in [-0.3, -0.25) is 4.57 Å². The van der Waals surface area contributed by atoms with Crippen molar-refractivity contribution in [2.24, 2.45) is 0 Å². The van der Waals surface area contributed by atoms with Crippen molar-refractivity contribution in [3.63, 3.8) is 0 Å². The summed E-state index contributed by atoms with van der Waals surface area (Å²) in [5.74, 6) is 1.04. The molecule has 5 nitrogen and oxygen atoms in total. The van der Waals surface area contributed by atoms with Gasteiger partial charge in [0.2, 0.25) is 0 Å². The molecule has 422 valence electrons. The average molecular weight is 1320 g/mol. The summed E-state index contributed by atoms with van der Waals surface area (Å²) in [6, 6.07) is 26.4. The fraction of sp³-hybridized carbons (Fsp3) is 0.154. The molecule has 85 heavy (non-hydrogen) atoms. The molecule has 3 aromatic heterocycles. The van der Waals surface area contributed by atoms with Crippen LogP contribution in [0.2, 0.25) is 0 Å². The van der Waals surface area contributed by atoms with Crippen LogP contribution in [0.5, 0.6) is 11.5 Å². The van der Waals surface area contributed by atoms with Crippen LogP contribution in [0.3, 0.4) is 0 Å². The van der Waals surface area contributed by atoms with E-state index in [0.29, 0.717) is 22.5 Å². The molecule has 0 amide bonds. The molecule has 13 aromatic rings. The largest absolute Gasteiger partial charge is 0.510 e. The van der Waals surface area contributed by atoms with E-state index in [9.17, 15) is 19.2 Å². The van der Waals surface area contributed by atoms with Crippen LogP contribution in [0.1, 0.15) is 106 Å². The van der Waals surface area contributed by atoms with Gasteiger partial charge in [-0.2, -0.15) is 18.2 Å². The molecule has 0 aliphatic rings. The summed E-state index contributed by atoms with van der Waals surface area (Å²) in [4.78, 5) is 4.85. The molecule has 0 radical (unpaired) electrons. The molecular weight excluding hydrogens is 1230 g/mol. The molecular formula is C78H68N4OPtSi-2. The Balaban J connectivity index is 0.0000104. The van der Waals surface area contributed by atoms with Gasteiger partial charge in [-0.1, -0.05) is 261 Å². The standard InChI is InChI=1S/C78H68N4OSi.Pt/c1-76(2,3)56-44-45-79-74(49-56)82-70-39-23-22-36-68(70)69-42-40-61(51-72(69)82)83-60-29-24-28-59(50-60)80-53-81(75-66(54-26-14-10-15-27-54)37-25-38-67(75)55-46-57(77(4,5)6)48-58(47-55)78(7,8)9)71-43-41-65(52-73(71)80)84(62-30-16-11-17-31-62,63-32-18-12-19-33-63)64-34-20-13-21-35-64;/h10-49,52H,1-9H3;/q-2;/i10D,11D,12D,13D,14D,15D,16D,17D,18D,19D,20D,21D,26D,27D,30D,31D,32D,33D,34D,35D;. The van der Waals surface area contributed by atoms with Crippen LogP contribution in [0.25, 0.3) is 72.3 Å². The van der Waals surface area contributed by atoms with E-state index >= 15 is 0 Å². The van der Waals surface area contributed by atoms with Crippen molar-refractivity contribution in [2.75, 3.05) is 0 Å². The first kappa shape index (κ1) is 37.6. The molecule has 3 heterocycles. The fourth-order valence-corrected chi connectivity index (χ4v) is 14.8. The fourth-order valence-electron chi connectivity index (χ4n) is 11.0. The summed E-state index contributed by atoms with van der Waals surface area (Å²) in [6.45, 7) is 18.8. The Hall–Kier alpha value is -8.67.